The first-order valence-corrected chi connectivity index (χ1v) is 8.18. The molecule has 1 fully saturated rings. The van der Waals surface area contributed by atoms with Gasteiger partial charge in [0.1, 0.15) is 11.6 Å². The van der Waals surface area contributed by atoms with E-state index in [2.05, 4.69) is 51.2 Å². The molecule has 0 radical (unpaired) electrons. The molecule has 1 saturated carbocycles. The Labute approximate surface area is 134 Å². The molecule has 0 aromatic carbocycles. The summed E-state index contributed by atoms with van der Waals surface area (Å²) in [4.78, 5) is 0. The van der Waals surface area contributed by atoms with E-state index in [1.165, 1.54) is 5.57 Å². The van der Waals surface area contributed by atoms with Gasteiger partial charge >= 0.3 is 0 Å². The minimum absolute atomic E-state index is 0.106. The topological polar surface area (TPSA) is 45.0 Å². The average Bonchev–Trinajstić information content (AvgIpc) is 2.52. The number of nitrogens with zero attached hydrogens (tertiary/aromatic N) is 1. The molecule has 5 atom stereocenters. The van der Waals surface area contributed by atoms with E-state index in [1.807, 2.05) is 13.0 Å². The number of allylic oxidation sites excluding steroid dienone is 5. The zero-order valence-corrected chi connectivity index (χ0v) is 14.6. The van der Waals surface area contributed by atoms with Crippen molar-refractivity contribution >= 4 is 0 Å². The summed E-state index contributed by atoms with van der Waals surface area (Å²) in [6.07, 6.45) is 7.02. The molecule has 1 heterocycles. The largest absolute Gasteiger partial charge is 0.360 e. The molecule has 1 aliphatic heterocycles. The predicted molar refractivity (Wildman–Crippen MR) is 89.7 cm³/mol. The molecule has 0 aromatic rings. The van der Waals surface area contributed by atoms with Crippen LogP contribution in [0.2, 0.25) is 0 Å². The van der Waals surface area contributed by atoms with E-state index in [0.717, 1.165) is 17.7 Å². The summed E-state index contributed by atoms with van der Waals surface area (Å²) in [5, 5.41) is 13.5. The third-order valence-electron chi connectivity index (χ3n) is 5.71. The molecule has 2 aliphatic rings. The van der Waals surface area contributed by atoms with Crippen molar-refractivity contribution < 1.29 is 4.74 Å². The molecule has 0 saturated heterocycles. The van der Waals surface area contributed by atoms with E-state index in [9.17, 15) is 5.26 Å². The molecule has 3 nitrogen and oxygen atoms in total. The highest BCUT2D eigenvalue weighted by Gasteiger charge is 2.48. The molecular formula is C19H28N2O. The van der Waals surface area contributed by atoms with Crippen LogP contribution in [0, 0.1) is 34.5 Å². The van der Waals surface area contributed by atoms with E-state index < -0.39 is 5.41 Å². The fraction of sp³-hybridized carbons (Fsp3) is 0.632. The summed E-state index contributed by atoms with van der Waals surface area (Å²) in [5.74, 6) is 1.54. The van der Waals surface area contributed by atoms with Crippen molar-refractivity contribution in [2.24, 2.45) is 23.2 Å². The van der Waals surface area contributed by atoms with Crippen LogP contribution in [-0.2, 0) is 4.74 Å². The second-order valence-corrected chi connectivity index (χ2v) is 6.79. The summed E-state index contributed by atoms with van der Waals surface area (Å²) < 4.78 is 5.35. The first kappa shape index (κ1) is 16.8. The van der Waals surface area contributed by atoms with Gasteiger partial charge in [-0.25, -0.2) is 0 Å². The maximum absolute atomic E-state index is 10.1. The lowest BCUT2D eigenvalue weighted by molar-refractivity contribution is 0.118. The van der Waals surface area contributed by atoms with E-state index in [4.69, 9.17) is 4.74 Å². The standard InChI is InChI=1S/C19H28N2O/c1-7-16-14(4)13(3)12(2)10-19(16,11-20)17-8-9-18(22-6)21-15(17)5/h7-9,12-14,18,21H,10H2,1-6H3/b16-7+/t12?,13?,14-,18?,19-/m1/s1. The van der Waals surface area contributed by atoms with Crippen molar-refractivity contribution in [2.45, 2.75) is 47.3 Å². The molecule has 2 rings (SSSR count). The third kappa shape index (κ3) is 2.50. The molecule has 3 unspecified atom stereocenters. The molecule has 0 spiro atoms. The lowest BCUT2D eigenvalue weighted by Crippen LogP contribution is -2.42. The second-order valence-electron chi connectivity index (χ2n) is 6.79. The molecule has 0 amide bonds. The summed E-state index contributed by atoms with van der Waals surface area (Å²) in [7, 11) is 1.68. The van der Waals surface area contributed by atoms with Gasteiger partial charge in [-0.2, -0.15) is 5.26 Å². The smallest absolute Gasteiger partial charge is 0.146 e. The SMILES string of the molecule is C/C=C1\[C@H](C)C(C)C(C)C[C@]1(C#N)C1=C(C)NC(OC)C=C1. The van der Waals surface area contributed by atoms with Crippen LogP contribution in [0.4, 0.5) is 0 Å². The predicted octanol–water partition coefficient (Wildman–Crippen LogP) is 4.16. The van der Waals surface area contributed by atoms with Crippen molar-refractivity contribution in [3.63, 3.8) is 0 Å². The van der Waals surface area contributed by atoms with Gasteiger partial charge in [-0.05, 0) is 55.2 Å². The third-order valence-corrected chi connectivity index (χ3v) is 5.71. The quantitative estimate of drug-likeness (QED) is 0.779. The Balaban J connectivity index is 2.53. The highest BCUT2D eigenvalue weighted by atomic mass is 16.5. The number of hydrogen-bond acceptors (Lipinski definition) is 3. The lowest BCUT2D eigenvalue weighted by Gasteiger charge is -2.46. The maximum atomic E-state index is 10.1. The number of nitriles is 1. The summed E-state index contributed by atoms with van der Waals surface area (Å²) in [5.41, 5.74) is 2.88. The Bertz CT molecular complexity index is 566. The molecule has 22 heavy (non-hydrogen) atoms. The molecule has 3 heteroatoms. The Morgan fingerprint density at radius 3 is 2.59 bits per heavy atom. The van der Waals surface area contributed by atoms with Crippen LogP contribution < -0.4 is 5.32 Å². The normalized spacial score (nSPS) is 40.5. The van der Waals surface area contributed by atoms with E-state index in [-0.39, 0.29) is 6.23 Å². The van der Waals surface area contributed by atoms with Crippen LogP contribution >= 0.6 is 0 Å². The average molecular weight is 300 g/mol. The molecule has 1 N–H and O–H groups in total. The van der Waals surface area contributed by atoms with Gasteiger partial charge in [0.2, 0.25) is 0 Å². The minimum atomic E-state index is -0.521. The van der Waals surface area contributed by atoms with Crippen LogP contribution in [0.1, 0.15) is 41.0 Å². The highest BCUT2D eigenvalue weighted by Crippen LogP contribution is 2.53. The number of nitrogens with one attached hydrogen (secondary N) is 1. The van der Waals surface area contributed by atoms with Gasteiger partial charge in [-0.1, -0.05) is 32.9 Å². The van der Waals surface area contributed by atoms with Gasteiger partial charge in [0.15, 0.2) is 0 Å². The van der Waals surface area contributed by atoms with Crippen LogP contribution in [0.3, 0.4) is 0 Å². The van der Waals surface area contributed by atoms with Gasteiger partial charge in [0, 0.05) is 12.8 Å². The molecular weight excluding hydrogens is 272 g/mol. The summed E-state index contributed by atoms with van der Waals surface area (Å²) in [6.45, 7) is 10.9. The van der Waals surface area contributed by atoms with Crippen LogP contribution in [0.25, 0.3) is 0 Å². The summed E-state index contributed by atoms with van der Waals surface area (Å²) >= 11 is 0. The van der Waals surface area contributed by atoms with E-state index in [0.29, 0.717) is 17.8 Å². The monoisotopic (exact) mass is 300 g/mol. The van der Waals surface area contributed by atoms with E-state index in [1.54, 1.807) is 7.11 Å². The van der Waals surface area contributed by atoms with Crippen molar-refractivity contribution in [3.05, 3.63) is 35.1 Å². The number of hydrogen-bond donors (Lipinski definition) is 1. The van der Waals surface area contributed by atoms with E-state index >= 15 is 0 Å². The number of dihydropyridines is 1. The van der Waals surface area contributed by atoms with Gasteiger partial charge in [-0.3, -0.25) is 0 Å². The Morgan fingerprint density at radius 2 is 2.09 bits per heavy atom. The molecule has 120 valence electrons. The van der Waals surface area contributed by atoms with Crippen LogP contribution in [-0.4, -0.2) is 13.3 Å². The van der Waals surface area contributed by atoms with Crippen molar-refractivity contribution in [1.29, 1.82) is 5.26 Å². The second kappa shape index (κ2) is 6.30. The van der Waals surface area contributed by atoms with Gasteiger partial charge < -0.3 is 10.1 Å². The number of methoxy groups -OCH3 is 1. The van der Waals surface area contributed by atoms with Crippen molar-refractivity contribution in [3.8, 4) is 6.07 Å². The highest BCUT2D eigenvalue weighted by molar-refractivity contribution is 5.48. The van der Waals surface area contributed by atoms with Crippen molar-refractivity contribution in [1.82, 2.24) is 5.32 Å². The number of rotatable bonds is 2. The Morgan fingerprint density at radius 1 is 1.41 bits per heavy atom. The van der Waals surface area contributed by atoms with Crippen LogP contribution in [0.5, 0.6) is 0 Å². The Hall–Kier alpha value is -1.53. The minimum Gasteiger partial charge on any atom is -0.360 e. The molecule has 0 aromatic heterocycles. The number of ether oxygens (including phenoxy) is 1. The molecule has 1 aliphatic carbocycles. The first-order chi connectivity index (χ1) is 10.4. The lowest BCUT2D eigenvalue weighted by atomic mass is 9.56. The zero-order chi connectivity index (χ0) is 16.5. The fourth-order valence-corrected chi connectivity index (χ4v) is 4.14. The Kier molecular flexibility index (Phi) is 4.82. The van der Waals surface area contributed by atoms with Gasteiger partial charge in [0.05, 0.1) is 6.07 Å². The molecule has 0 bridgehead atoms. The van der Waals surface area contributed by atoms with Crippen molar-refractivity contribution in [2.75, 3.05) is 7.11 Å². The van der Waals surface area contributed by atoms with Crippen LogP contribution in [0.15, 0.2) is 35.1 Å². The fourth-order valence-electron chi connectivity index (χ4n) is 4.14. The maximum Gasteiger partial charge on any atom is 0.146 e. The first-order valence-electron chi connectivity index (χ1n) is 8.18. The summed E-state index contributed by atoms with van der Waals surface area (Å²) in [6, 6.07) is 2.67. The van der Waals surface area contributed by atoms with Gasteiger partial charge in [0.25, 0.3) is 0 Å². The van der Waals surface area contributed by atoms with Gasteiger partial charge in [-0.15, -0.1) is 0 Å². The zero-order valence-electron chi connectivity index (χ0n) is 14.6.